The normalized spacial score (nSPS) is 14.0. The Morgan fingerprint density at radius 2 is 2.04 bits per heavy atom. The highest BCUT2D eigenvalue weighted by Crippen LogP contribution is 2.36. The third kappa shape index (κ3) is 3.87. The zero-order chi connectivity index (χ0) is 18.7. The number of amides is 2. The highest BCUT2D eigenvalue weighted by molar-refractivity contribution is 7.98. The average molecular weight is 395 g/mol. The number of halogens is 1. The van der Waals surface area contributed by atoms with Crippen molar-refractivity contribution < 1.29 is 14.7 Å². The van der Waals surface area contributed by atoms with E-state index in [0.717, 1.165) is 22.7 Å². The number of aliphatic hydroxyl groups is 1. The fourth-order valence-electron chi connectivity index (χ4n) is 2.60. The molecule has 1 aliphatic heterocycles. The molecule has 0 bridgehead atoms. The third-order valence-electron chi connectivity index (χ3n) is 4.11. The zero-order valence-electron chi connectivity index (χ0n) is 14.2. The van der Waals surface area contributed by atoms with Crippen molar-refractivity contribution in [3.8, 4) is 5.69 Å². The van der Waals surface area contributed by atoms with Crippen LogP contribution in [0, 0.1) is 0 Å². The highest BCUT2D eigenvalue weighted by atomic mass is 35.5. The first-order valence-corrected chi connectivity index (χ1v) is 9.74. The molecule has 9 heteroatoms. The predicted molar refractivity (Wildman–Crippen MR) is 102 cm³/mol. The van der Waals surface area contributed by atoms with Crippen molar-refractivity contribution in [3.05, 3.63) is 40.5 Å². The maximum absolute atomic E-state index is 12.3. The maximum Gasteiger partial charge on any atom is 0.314 e. The van der Waals surface area contributed by atoms with Crippen molar-refractivity contribution in [1.82, 2.24) is 15.1 Å². The summed E-state index contributed by atoms with van der Waals surface area (Å²) in [4.78, 5) is 24.4. The number of aromatic nitrogens is 2. The summed E-state index contributed by atoms with van der Waals surface area (Å²) in [7, 11) is 0. The molecule has 138 valence electrons. The van der Waals surface area contributed by atoms with E-state index >= 15 is 0 Å². The van der Waals surface area contributed by atoms with Gasteiger partial charge in [0.15, 0.2) is 0 Å². The van der Waals surface area contributed by atoms with E-state index in [0.29, 0.717) is 23.0 Å². The molecule has 0 aliphatic carbocycles. The van der Waals surface area contributed by atoms with E-state index in [9.17, 15) is 14.7 Å². The second-order valence-electron chi connectivity index (χ2n) is 5.87. The van der Waals surface area contributed by atoms with Gasteiger partial charge in [-0.25, -0.2) is 4.68 Å². The quantitative estimate of drug-likeness (QED) is 0.675. The number of carbonyl (C=O) groups excluding carboxylic acids is 2. The second kappa shape index (κ2) is 8.11. The predicted octanol–water partition coefficient (Wildman–Crippen LogP) is 2.10. The molecular weight excluding hydrogens is 376 g/mol. The van der Waals surface area contributed by atoms with Gasteiger partial charge in [0, 0.05) is 22.1 Å². The molecule has 0 saturated heterocycles. The lowest BCUT2D eigenvalue weighted by molar-refractivity contribution is -0.136. The standard InChI is InChI=1S/C17H19ClN4O3S/c1-2-11(7-23)19-16(24)17(25)20-15-13-8-26-9-14(13)21-22(15)12-5-3-10(18)4-6-12/h3-6,11,23H,2,7-9H2,1H3,(H,19,24)(H,20,25)/t11-/m1/s1. The summed E-state index contributed by atoms with van der Waals surface area (Å²) in [5.74, 6) is 0.396. The number of hydrogen-bond acceptors (Lipinski definition) is 5. The maximum atomic E-state index is 12.3. The smallest absolute Gasteiger partial charge is 0.314 e. The molecular formula is C17H19ClN4O3S. The number of benzene rings is 1. The van der Waals surface area contributed by atoms with Crippen molar-refractivity contribution in [2.24, 2.45) is 0 Å². The van der Waals surface area contributed by atoms with Crippen LogP contribution in [0.2, 0.25) is 5.02 Å². The van der Waals surface area contributed by atoms with Crippen LogP contribution in [0.4, 0.5) is 5.82 Å². The second-order valence-corrected chi connectivity index (χ2v) is 7.29. The van der Waals surface area contributed by atoms with Crippen LogP contribution in [-0.4, -0.2) is 39.4 Å². The molecule has 0 unspecified atom stereocenters. The summed E-state index contributed by atoms with van der Waals surface area (Å²) in [6, 6.07) is 6.63. The van der Waals surface area contributed by atoms with Crippen molar-refractivity contribution in [1.29, 1.82) is 0 Å². The summed E-state index contributed by atoms with van der Waals surface area (Å²) >= 11 is 7.64. The minimum atomic E-state index is -0.785. The van der Waals surface area contributed by atoms with Gasteiger partial charge in [-0.05, 0) is 30.7 Å². The summed E-state index contributed by atoms with van der Waals surface area (Å²) in [5.41, 5.74) is 2.55. The molecule has 1 aromatic heterocycles. The van der Waals surface area contributed by atoms with Gasteiger partial charge in [0.2, 0.25) is 0 Å². The largest absolute Gasteiger partial charge is 0.394 e. The first-order chi connectivity index (χ1) is 12.5. The summed E-state index contributed by atoms with van der Waals surface area (Å²) in [6.07, 6.45) is 0.532. The Hall–Kier alpha value is -2.03. The van der Waals surface area contributed by atoms with Crippen LogP contribution in [-0.2, 0) is 21.1 Å². The number of hydrogen-bond donors (Lipinski definition) is 3. The molecule has 7 nitrogen and oxygen atoms in total. The zero-order valence-corrected chi connectivity index (χ0v) is 15.7. The molecule has 1 atom stereocenters. The van der Waals surface area contributed by atoms with Crippen LogP contribution in [0.5, 0.6) is 0 Å². The van der Waals surface area contributed by atoms with Gasteiger partial charge in [-0.15, -0.1) is 0 Å². The average Bonchev–Trinajstić information content (AvgIpc) is 3.22. The van der Waals surface area contributed by atoms with Gasteiger partial charge >= 0.3 is 11.8 Å². The van der Waals surface area contributed by atoms with E-state index in [1.165, 1.54) is 0 Å². The van der Waals surface area contributed by atoms with Crippen LogP contribution in [0.3, 0.4) is 0 Å². The third-order valence-corrected chi connectivity index (χ3v) is 5.33. The van der Waals surface area contributed by atoms with E-state index in [-0.39, 0.29) is 6.61 Å². The molecule has 1 aliphatic rings. The summed E-state index contributed by atoms with van der Waals surface area (Å²) < 4.78 is 1.62. The Morgan fingerprint density at radius 3 is 2.69 bits per heavy atom. The number of anilines is 1. The Labute approximate surface area is 160 Å². The lowest BCUT2D eigenvalue weighted by Gasteiger charge is -2.14. The topological polar surface area (TPSA) is 96.2 Å². The number of carbonyl (C=O) groups is 2. The van der Waals surface area contributed by atoms with E-state index in [4.69, 9.17) is 11.6 Å². The summed E-state index contributed by atoms with van der Waals surface area (Å²) in [6.45, 7) is 1.60. The van der Waals surface area contributed by atoms with Crippen LogP contribution in [0.1, 0.15) is 24.6 Å². The molecule has 2 amide bonds. The minimum Gasteiger partial charge on any atom is -0.394 e. The van der Waals surface area contributed by atoms with E-state index in [2.05, 4.69) is 15.7 Å². The van der Waals surface area contributed by atoms with Crippen molar-refractivity contribution >= 4 is 41.0 Å². The first-order valence-electron chi connectivity index (χ1n) is 8.20. The van der Waals surface area contributed by atoms with E-state index in [1.54, 1.807) is 40.7 Å². The molecule has 2 aromatic rings. The van der Waals surface area contributed by atoms with Crippen LogP contribution in [0.25, 0.3) is 5.69 Å². The van der Waals surface area contributed by atoms with Gasteiger partial charge in [0.1, 0.15) is 5.82 Å². The molecule has 0 saturated carbocycles. The van der Waals surface area contributed by atoms with Gasteiger partial charge < -0.3 is 15.7 Å². The van der Waals surface area contributed by atoms with Crippen molar-refractivity contribution in [2.45, 2.75) is 30.9 Å². The molecule has 2 heterocycles. The Kier molecular flexibility index (Phi) is 5.85. The number of aliphatic hydroxyl groups excluding tert-OH is 1. The fourth-order valence-corrected chi connectivity index (χ4v) is 3.76. The fraction of sp³-hybridized carbons (Fsp3) is 0.353. The Balaban J connectivity index is 1.86. The Morgan fingerprint density at radius 1 is 1.31 bits per heavy atom. The number of nitrogens with one attached hydrogen (secondary N) is 2. The molecule has 0 spiro atoms. The summed E-state index contributed by atoms with van der Waals surface area (Å²) in [5, 5.41) is 19.5. The van der Waals surface area contributed by atoms with Crippen molar-refractivity contribution in [3.63, 3.8) is 0 Å². The van der Waals surface area contributed by atoms with E-state index < -0.39 is 17.9 Å². The molecule has 3 rings (SSSR count). The van der Waals surface area contributed by atoms with Crippen LogP contribution >= 0.6 is 23.4 Å². The van der Waals surface area contributed by atoms with Gasteiger partial charge in [0.05, 0.1) is 24.0 Å². The number of nitrogens with zero attached hydrogens (tertiary/aromatic N) is 2. The molecule has 0 radical (unpaired) electrons. The minimum absolute atomic E-state index is 0.218. The highest BCUT2D eigenvalue weighted by Gasteiger charge is 2.27. The lowest BCUT2D eigenvalue weighted by atomic mass is 10.2. The van der Waals surface area contributed by atoms with Crippen LogP contribution in [0.15, 0.2) is 24.3 Å². The molecule has 3 N–H and O–H groups in total. The van der Waals surface area contributed by atoms with Gasteiger partial charge in [-0.3, -0.25) is 9.59 Å². The van der Waals surface area contributed by atoms with Crippen LogP contribution < -0.4 is 10.6 Å². The molecule has 1 aromatic carbocycles. The molecule has 0 fully saturated rings. The number of fused-ring (bicyclic) bond motifs is 1. The van der Waals surface area contributed by atoms with E-state index in [1.807, 2.05) is 6.92 Å². The monoisotopic (exact) mass is 394 g/mol. The number of thioether (sulfide) groups is 1. The first kappa shape index (κ1) is 18.8. The van der Waals surface area contributed by atoms with Crippen molar-refractivity contribution in [2.75, 3.05) is 11.9 Å². The number of rotatable bonds is 5. The Bertz CT molecular complexity index is 818. The van der Waals surface area contributed by atoms with Gasteiger partial charge in [-0.1, -0.05) is 18.5 Å². The SMILES string of the molecule is CC[C@H](CO)NC(=O)C(=O)Nc1c2c(nn1-c1ccc(Cl)cc1)CSC2. The van der Waals surface area contributed by atoms with Gasteiger partial charge in [-0.2, -0.15) is 16.9 Å². The molecule has 26 heavy (non-hydrogen) atoms. The van der Waals surface area contributed by atoms with Gasteiger partial charge in [0.25, 0.3) is 0 Å². The lowest BCUT2D eigenvalue weighted by Crippen LogP contribution is -2.43.